The van der Waals surface area contributed by atoms with Crippen molar-refractivity contribution in [2.75, 3.05) is 19.8 Å². The first-order valence-corrected chi connectivity index (χ1v) is 6.18. The highest BCUT2D eigenvalue weighted by molar-refractivity contribution is 5.17. The Kier molecular flexibility index (Phi) is 4.48. The maximum absolute atomic E-state index is 10.4. The van der Waals surface area contributed by atoms with Gasteiger partial charge in [0.1, 0.15) is 0 Å². The van der Waals surface area contributed by atoms with Crippen molar-refractivity contribution in [3.05, 3.63) is 30.1 Å². The Bertz CT molecular complexity index is 325. The zero-order chi connectivity index (χ0) is 12.1. The predicted molar refractivity (Wildman–Crippen MR) is 65.6 cm³/mol. The van der Waals surface area contributed by atoms with Gasteiger partial charge >= 0.3 is 0 Å². The molecule has 0 saturated carbocycles. The van der Waals surface area contributed by atoms with Gasteiger partial charge in [-0.15, -0.1) is 0 Å². The lowest BCUT2D eigenvalue weighted by atomic mass is 9.82. The summed E-state index contributed by atoms with van der Waals surface area (Å²) >= 11 is 0. The van der Waals surface area contributed by atoms with Crippen LogP contribution in [0.2, 0.25) is 0 Å². The van der Waals surface area contributed by atoms with Crippen molar-refractivity contribution in [2.45, 2.75) is 24.9 Å². The SMILES string of the molecule is NCC(c1cccnc1)C(O)C1CCOCC1. The molecule has 0 bridgehead atoms. The number of aliphatic hydroxyl groups is 1. The van der Waals surface area contributed by atoms with E-state index >= 15 is 0 Å². The largest absolute Gasteiger partial charge is 0.392 e. The highest BCUT2D eigenvalue weighted by Gasteiger charge is 2.29. The van der Waals surface area contributed by atoms with Crippen LogP contribution < -0.4 is 5.73 Å². The van der Waals surface area contributed by atoms with Crippen LogP contribution in [-0.4, -0.2) is 36.0 Å². The Morgan fingerprint density at radius 2 is 2.24 bits per heavy atom. The van der Waals surface area contributed by atoms with E-state index in [4.69, 9.17) is 10.5 Å². The predicted octanol–water partition coefficient (Wildman–Crippen LogP) is 0.911. The summed E-state index contributed by atoms with van der Waals surface area (Å²) in [6.45, 7) is 1.93. The number of nitrogens with two attached hydrogens (primary N) is 1. The molecule has 0 aromatic carbocycles. The summed E-state index contributed by atoms with van der Waals surface area (Å²) in [6.07, 6.45) is 4.96. The van der Waals surface area contributed by atoms with Crippen molar-refractivity contribution in [1.29, 1.82) is 0 Å². The average Bonchev–Trinajstić information content (AvgIpc) is 2.42. The Balaban J connectivity index is 2.07. The molecule has 4 heteroatoms. The molecule has 1 aromatic heterocycles. The molecule has 17 heavy (non-hydrogen) atoms. The van der Waals surface area contributed by atoms with Crippen LogP contribution in [0.15, 0.2) is 24.5 Å². The number of nitrogens with zero attached hydrogens (tertiary/aromatic N) is 1. The number of hydrogen-bond donors (Lipinski definition) is 2. The van der Waals surface area contributed by atoms with Crippen LogP contribution in [0.4, 0.5) is 0 Å². The van der Waals surface area contributed by atoms with E-state index in [9.17, 15) is 5.11 Å². The molecule has 0 spiro atoms. The third-order valence-electron chi connectivity index (χ3n) is 3.53. The van der Waals surface area contributed by atoms with Crippen molar-refractivity contribution in [1.82, 2.24) is 4.98 Å². The summed E-state index contributed by atoms with van der Waals surface area (Å²) in [7, 11) is 0. The van der Waals surface area contributed by atoms with Crippen molar-refractivity contribution in [3.63, 3.8) is 0 Å². The van der Waals surface area contributed by atoms with Crippen LogP contribution in [0.1, 0.15) is 24.3 Å². The first-order valence-electron chi connectivity index (χ1n) is 6.18. The normalized spacial score (nSPS) is 21.1. The maximum atomic E-state index is 10.4. The molecule has 4 nitrogen and oxygen atoms in total. The Labute approximate surface area is 102 Å². The van der Waals surface area contributed by atoms with E-state index in [-0.39, 0.29) is 11.8 Å². The molecule has 1 aliphatic rings. The third-order valence-corrected chi connectivity index (χ3v) is 3.53. The number of aromatic nitrogens is 1. The molecule has 1 saturated heterocycles. The van der Waals surface area contributed by atoms with Gasteiger partial charge in [0.25, 0.3) is 0 Å². The minimum absolute atomic E-state index is 0.0215. The molecule has 3 N–H and O–H groups in total. The molecule has 1 aliphatic heterocycles. The van der Waals surface area contributed by atoms with E-state index in [0.717, 1.165) is 31.6 Å². The fourth-order valence-electron chi connectivity index (χ4n) is 2.45. The molecule has 2 rings (SSSR count). The van der Waals surface area contributed by atoms with E-state index in [1.165, 1.54) is 0 Å². The second-order valence-electron chi connectivity index (χ2n) is 4.57. The smallest absolute Gasteiger partial charge is 0.0651 e. The quantitative estimate of drug-likeness (QED) is 0.815. The highest BCUT2D eigenvalue weighted by atomic mass is 16.5. The fraction of sp³-hybridized carbons (Fsp3) is 0.615. The minimum Gasteiger partial charge on any atom is -0.392 e. The summed E-state index contributed by atoms with van der Waals surface area (Å²) < 4.78 is 5.31. The zero-order valence-corrected chi connectivity index (χ0v) is 9.96. The van der Waals surface area contributed by atoms with Gasteiger partial charge < -0.3 is 15.6 Å². The van der Waals surface area contributed by atoms with Crippen LogP contribution in [0.3, 0.4) is 0 Å². The summed E-state index contributed by atoms with van der Waals surface area (Å²) in [4.78, 5) is 4.09. The molecule has 0 aliphatic carbocycles. The lowest BCUT2D eigenvalue weighted by Crippen LogP contribution is -2.35. The summed E-state index contributed by atoms with van der Waals surface area (Å²) in [5, 5.41) is 10.4. The fourth-order valence-corrected chi connectivity index (χ4v) is 2.45. The highest BCUT2D eigenvalue weighted by Crippen LogP contribution is 2.28. The second-order valence-corrected chi connectivity index (χ2v) is 4.57. The number of pyridine rings is 1. The van der Waals surface area contributed by atoms with Gasteiger partial charge in [-0.1, -0.05) is 6.07 Å². The van der Waals surface area contributed by atoms with Crippen LogP contribution in [0.5, 0.6) is 0 Å². The van der Waals surface area contributed by atoms with Gasteiger partial charge in [0, 0.05) is 38.1 Å². The molecule has 0 radical (unpaired) electrons. The molecule has 0 amide bonds. The van der Waals surface area contributed by atoms with Crippen molar-refractivity contribution >= 4 is 0 Å². The van der Waals surface area contributed by atoms with Crippen molar-refractivity contribution in [2.24, 2.45) is 11.7 Å². The van der Waals surface area contributed by atoms with E-state index in [2.05, 4.69) is 4.98 Å². The van der Waals surface area contributed by atoms with Gasteiger partial charge in [-0.05, 0) is 30.4 Å². The molecule has 2 heterocycles. The van der Waals surface area contributed by atoms with E-state index < -0.39 is 6.10 Å². The van der Waals surface area contributed by atoms with Gasteiger partial charge in [0.05, 0.1) is 6.10 Å². The van der Waals surface area contributed by atoms with E-state index in [0.29, 0.717) is 6.54 Å². The minimum atomic E-state index is -0.395. The van der Waals surface area contributed by atoms with E-state index in [1.807, 2.05) is 12.1 Å². The molecule has 2 unspecified atom stereocenters. The maximum Gasteiger partial charge on any atom is 0.0651 e. The molecule has 1 aromatic rings. The lowest BCUT2D eigenvalue weighted by molar-refractivity contribution is -0.00198. The van der Waals surface area contributed by atoms with Crippen LogP contribution in [0, 0.1) is 5.92 Å². The van der Waals surface area contributed by atoms with Gasteiger partial charge in [-0.3, -0.25) is 4.98 Å². The first kappa shape index (κ1) is 12.5. The average molecular weight is 236 g/mol. The monoisotopic (exact) mass is 236 g/mol. The summed E-state index contributed by atoms with van der Waals surface area (Å²) in [5.41, 5.74) is 6.82. The molecular formula is C13H20N2O2. The molecule has 2 atom stereocenters. The van der Waals surface area contributed by atoms with Crippen molar-refractivity contribution < 1.29 is 9.84 Å². The molecular weight excluding hydrogens is 216 g/mol. The number of aliphatic hydroxyl groups excluding tert-OH is 1. The lowest BCUT2D eigenvalue weighted by Gasteiger charge is -2.31. The van der Waals surface area contributed by atoms with Crippen LogP contribution in [-0.2, 0) is 4.74 Å². The second kappa shape index (κ2) is 6.10. The van der Waals surface area contributed by atoms with Gasteiger partial charge in [0.15, 0.2) is 0 Å². The molecule has 1 fully saturated rings. The third kappa shape index (κ3) is 3.03. The summed E-state index contributed by atoms with van der Waals surface area (Å²) in [6, 6.07) is 3.86. The topological polar surface area (TPSA) is 68.4 Å². The van der Waals surface area contributed by atoms with Gasteiger partial charge in [-0.25, -0.2) is 0 Å². The molecule has 94 valence electrons. The number of ether oxygens (including phenoxy) is 1. The van der Waals surface area contributed by atoms with Gasteiger partial charge in [-0.2, -0.15) is 0 Å². The summed E-state index contributed by atoms with van der Waals surface area (Å²) in [5.74, 6) is 0.268. The van der Waals surface area contributed by atoms with E-state index in [1.54, 1.807) is 12.4 Å². The van der Waals surface area contributed by atoms with Crippen LogP contribution in [0.25, 0.3) is 0 Å². The standard InChI is InChI=1S/C13H20N2O2/c14-8-12(11-2-1-5-15-9-11)13(16)10-3-6-17-7-4-10/h1-2,5,9-10,12-13,16H,3-4,6-8,14H2. The number of hydrogen-bond acceptors (Lipinski definition) is 4. The number of rotatable bonds is 4. The Morgan fingerprint density at radius 3 is 2.82 bits per heavy atom. The van der Waals surface area contributed by atoms with Gasteiger partial charge in [0.2, 0.25) is 0 Å². The Hall–Kier alpha value is -0.970. The first-order chi connectivity index (χ1) is 8.33. The van der Waals surface area contributed by atoms with Crippen LogP contribution >= 0.6 is 0 Å². The van der Waals surface area contributed by atoms with Crippen molar-refractivity contribution in [3.8, 4) is 0 Å². The Morgan fingerprint density at radius 1 is 1.47 bits per heavy atom. The zero-order valence-electron chi connectivity index (χ0n) is 9.96.